The topological polar surface area (TPSA) is 82.3 Å². The molecular formula is C21H20N2O4. The number of carbonyl (C=O) groups is 2. The summed E-state index contributed by atoms with van der Waals surface area (Å²) in [5.74, 6) is -0.198. The van der Waals surface area contributed by atoms with Gasteiger partial charge in [-0.3, -0.25) is 9.78 Å². The zero-order valence-corrected chi connectivity index (χ0v) is 15.7. The predicted octanol–water partition coefficient (Wildman–Crippen LogP) is 4.40. The van der Waals surface area contributed by atoms with Crippen LogP contribution in [0.1, 0.15) is 46.0 Å². The predicted molar refractivity (Wildman–Crippen MR) is 101 cm³/mol. The molecule has 0 atom stereocenters. The Balaban J connectivity index is 2.26. The number of rotatable bonds is 5. The van der Waals surface area contributed by atoms with E-state index in [1.807, 2.05) is 30.3 Å². The number of benzene rings is 1. The van der Waals surface area contributed by atoms with Crippen molar-refractivity contribution in [1.29, 1.82) is 0 Å². The molecule has 0 saturated carbocycles. The van der Waals surface area contributed by atoms with Crippen molar-refractivity contribution in [3.63, 3.8) is 0 Å². The van der Waals surface area contributed by atoms with Crippen molar-refractivity contribution in [1.82, 2.24) is 10.1 Å². The van der Waals surface area contributed by atoms with Gasteiger partial charge in [0.15, 0.2) is 11.5 Å². The minimum Gasteiger partial charge on any atom is -0.462 e. The average molecular weight is 364 g/mol. The second-order valence-electron chi connectivity index (χ2n) is 6.13. The first-order chi connectivity index (χ1) is 12.9. The highest BCUT2D eigenvalue weighted by atomic mass is 16.5. The fourth-order valence-corrected chi connectivity index (χ4v) is 3.12. The second-order valence-corrected chi connectivity index (χ2v) is 6.13. The standard InChI is InChI=1S/C21H20N2O4/c1-5-26-21(25)19-13(3)22-12(2)18(14(4)24)20(19)16-11-17(27-23-16)15-9-7-6-8-10-15/h6-11H,5H2,1-4H3. The molecule has 0 aliphatic carbocycles. The number of nitrogens with zero attached hydrogens (tertiary/aromatic N) is 2. The highest BCUT2D eigenvalue weighted by Gasteiger charge is 2.27. The summed E-state index contributed by atoms with van der Waals surface area (Å²) in [6.07, 6.45) is 0. The third-order valence-corrected chi connectivity index (χ3v) is 4.22. The van der Waals surface area contributed by atoms with Crippen LogP contribution in [0.15, 0.2) is 40.9 Å². The molecule has 0 saturated heterocycles. The molecule has 0 fully saturated rings. The lowest BCUT2D eigenvalue weighted by atomic mass is 9.93. The van der Waals surface area contributed by atoms with Crippen LogP contribution < -0.4 is 0 Å². The number of ether oxygens (including phenoxy) is 1. The third kappa shape index (κ3) is 3.51. The van der Waals surface area contributed by atoms with Gasteiger partial charge in [0.25, 0.3) is 0 Å². The van der Waals surface area contributed by atoms with Gasteiger partial charge in [-0.2, -0.15) is 0 Å². The van der Waals surface area contributed by atoms with Crippen LogP contribution in [0, 0.1) is 13.8 Å². The molecule has 6 nitrogen and oxygen atoms in total. The van der Waals surface area contributed by atoms with Crippen LogP contribution in [-0.4, -0.2) is 28.5 Å². The summed E-state index contributed by atoms with van der Waals surface area (Å²) in [5, 5.41) is 4.13. The fraction of sp³-hybridized carbons (Fsp3) is 0.238. The van der Waals surface area contributed by atoms with Crippen molar-refractivity contribution in [2.75, 3.05) is 6.61 Å². The van der Waals surface area contributed by atoms with E-state index >= 15 is 0 Å². The molecule has 6 heteroatoms. The number of Topliss-reactive ketones (excluding diaryl/α,β-unsaturated/α-hetero) is 1. The lowest BCUT2D eigenvalue weighted by molar-refractivity contribution is 0.0526. The zero-order chi connectivity index (χ0) is 19.6. The van der Waals surface area contributed by atoms with E-state index in [1.54, 1.807) is 26.8 Å². The Hall–Kier alpha value is -3.28. The van der Waals surface area contributed by atoms with Gasteiger partial charge in [-0.05, 0) is 27.7 Å². The Kier molecular flexibility index (Phi) is 5.16. The molecule has 0 bridgehead atoms. The number of esters is 1. The fourth-order valence-electron chi connectivity index (χ4n) is 3.12. The summed E-state index contributed by atoms with van der Waals surface area (Å²) in [5.41, 5.74) is 3.24. The van der Waals surface area contributed by atoms with Crippen molar-refractivity contribution in [3.8, 4) is 22.6 Å². The Morgan fingerprint density at radius 2 is 1.74 bits per heavy atom. The van der Waals surface area contributed by atoms with E-state index in [-0.39, 0.29) is 18.0 Å². The Morgan fingerprint density at radius 1 is 1.07 bits per heavy atom. The molecule has 2 heterocycles. The van der Waals surface area contributed by atoms with Gasteiger partial charge in [-0.1, -0.05) is 35.5 Å². The SMILES string of the molecule is CCOC(=O)c1c(C)nc(C)c(C(C)=O)c1-c1cc(-c2ccccc2)on1. The molecule has 0 unspecified atom stereocenters. The molecule has 0 N–H and O–H groups in total. The average Bonchev–Trinajstić information content (AvgIpc) is 3.11. The number of aromatic nitrogens is 2. The molecule has 0 aliphatic heterocycles. The number of hydrogen-bond acceptors (Lipinski definition) is 6. The second kappa shape index (κ2) is 7.53. The van der Waals surface area contributed by atoms with Crippen molar-refractivity contribution in [3.05, 3.63) is 58.9 Å². The molecule has 138 valence electrons. The van der Waals surface area contributed by atoms with Crippen molar-refractivity contribution in [2.45, 2.75) is 27.7 Å². The Morgan fingerprint density at radius 3 is 2.37 bits per heavy atom. The van der Waals surface area contributed by atoms with Gasteiger partial charge in [0.05, 0.1) is 17.9 Å². The molecule has 2 aromatic heterocycles. The molecule has 27 heavy (non-hydrogen) atoms. The van der Waals surface area contributed by atoms with Crippen LogP contribution in [0.4, 0.5) is 0 Å². The first-order valence-corrected chi connectivity index (χ1v) is 8.65. The molecular weight excluding hydrogens is 344 g/mol. The van der Waals surface area contributed by atoms with Crippen molar-refractivity contribution < 1.29 is 18.8 Å². The summed E-state index contributed by atoms with van der Waals surface area (Å²) in [7, 11) is 0. The lowest BCUT2D eigenvalue weighted by Crippen LogP contribution is -2.15. The van der Waals surface area contributed by atoms with Crippen molar-refractivity contribution in [2.24, 2.45) is 0 Å². The summed E-state index contributed by atoms with van der Waals surface area (Å²) in [4.78, 5) is 29.3. The highest BCUT2D eigenvalue weighted by Crippen LogP contribution is 2.34. The maximum atomic E-state index is 12.6. The van der Waals surface area contributed by atoms with Crippen LogP contribution in [-0.2, 0) is 4.74 Å². The number of pyridine rings is 1. The van der Waals surface area contributed by atoms with E-state index in [0.29, 0.717) is 34.0 Å². The summed E-state index contributed by atoms with van der Waals surface area (Å²) in [6.45, 7) is 6.83. The van der Waals surface area contributed by atoms with Gasteiger partial charge in [-0.15, -0.1) is 0 Å². The first-order valence-electron chi connectivity index (χ1n) is 8.65. The molecule has 0 amide bonds. The molecule has 3 aromatic rings. The number of carbonyl (C=O) groups excluding carboxylic acids is 2. The third-order valence-electron chi connectivity index (χ3n) is 4.22. The van der Waals surface area contributed by atoms with E-state index in [0.717, 1.165) is 5.56 Å². The van der Waals surface area contributed by atoms with Crippen molar-refractivity contribution >= 4 is 11.8 Å². The van der Waals surface area contributed by atoms with Gasteiger partial charge in [0.2, 0.25) is 0 Å². The smallest absolute Gasteiger partial charge is 0.340 e. The number of hydrogen-bond donors (Lipinski definition) is 0. The zero-order valence-electron chi connectivity index (χ0n) is 15.7. The Bertz CT molecular complexity index is 1010. The van der Waals surface area contributed by atoms with E-state index in [1.165, 1.54) is 6.92 Å². The van der Waals surface area contributed by atoms with Gasteiger partial charge < -0.3 is 9.26 Å². The molecule has 1 aromatic carbocycles. The summed E-state index contributed by atoms with van der Waals surface area (Å²) in [6, 6.07) is 11.2. The molecule has 0 aliphatic rings. The van der Waals surface area contributed by atoms with Crippen LogP contribution in [0.5, 0.6) is 0 Å². The van der Waals surface area contributed by atoms with Crippen LogP contribution in [0.25, 0.3) is 22.6 Å². The molecule has 3 rings (SSSR count). The van der Waals surface area contributed by atoms with Crippen LogP contribution in [0.3, 0.4) is 0 Å². The van der Waals surface area contributed by atoms with E-state index in [2.05, 4.69) is 10.1 Å². The normalized spacial score (nSPS) is 10.7. The van der Waals surface area contributed by atoms with Gasteiger partial charge >= 0.3 is 5.97 Å². The van der Waals surface area contributed by atoms with Gasteiger partial charge in [0.1, 0.15) is 5.69 Å². The maximum absolute atomic E-state index is 12.6. The van der Waals surface area contributed by atoms with Gasteiger partial charge in [0, 0.05) is 28.5 Å². The molecule has 0 radical (unpaired) electrons. The van der Waals surface area contributed by atoms with E-state index in [4.69, 9.17) is 9.26 Å². The Labute approximate surface area is 157 Å². The lowest BCUT2D eigenvalue weighted by Gasteiger charge is -2.15. The first kappa shape index (κ1) is 18.5. The summed E-state index contributed by atoms with van der Waals surface area (Å²) < 4.78 is 10.7. The van der Waals surface area contributed by atoms with Crippen LogP contribution >= 0.6 is 0 Å². The minimum absolute atomic E-state index is 0.204. The monoisotopic (exact) mass is 364 g/mol. The highest BCUT2D eigenvalue weighted by molar-refractivity contribution is 6.08. The number of aryl methyl sites for hydroxylation is 2. The number of ketones is 1. The largest absolute Gasteiger partial charge is 0.462 e. The molecule has 0 spiro atoms. The van der Waals surface area contributed by atoms with E-state index < -0.39 is 5.97 Å². The maximum Gasteiger partial charge on any atom is 0.340 e. The quantitative estimate of drug-likeness (QED) is 0.493. The summed E-state index contributed by atoms with van der Waals surface area (Å²) >= 11 is 0. The van der Waals surface area contributed by atoms with E-state index in [9.17, 15) is 9.59 Å². The van der Waals surface area contributed by atoms with Crippen LogP contribution in [0.2, 0.25) is 0 Å². The minimum atomic E-state index is -0.538. The van der Waals surface area contributed by atoms with Gasteiger partial charge in [-0.25, -0.2) is 4.79 Å².